The van der Waals surface area contributed by atoms with Crippen molar-refractivity contribution in [3.63, 3.8) is 0 Å². The van der Waals surface area contributed by atoms with Gasteiger partial charge in [-0.1, -0.05) is 0 Å². The lowest BCUT2D eigenvalue weighted by atomic mass is 10.2. The first-order chi connectivity index (χ1) is 8.00. The summed E-state index contributed by atoms with van der Waals surface area (Å²) < 4.78 is 0.912. The van der Waals surface area contributed by atoms with E-state index in [1.54, 1.807) is 0 Å². The fraction of sp³-hybridized carbons (Fsp3) is 0. The maximum absolute atomic E-state index is 11.4. The molecule has 2 aromatic heterocycles. The second-order valence-corrected chi connectivity index (χ2v) is 3.15. The fourth-order valence-electron chi connectivity index (χ4n) is 1.35. The molecule has 0 unspecified atom stereocenters. The molecule has 2 heterocycles. The van der Waals surface area contributed by atoms with Crippen molar-refractivity contribution >= 4 is 22.9 Å². The van der Waals surface area contributed by atoms with Gasteiger partial charge in [0.15, 0.2) is 0 Å². The molecule has 0 atom stereocenters. The van der Waals surface area contributed by atoms with Crippen LogP contribution in [0.15, 0.2) is 23.4 Å². The van der Waals surface area contributed by atoms with Gasteiger partial charge in [0.25, 0.3) is 5.56 Å². The summed E-state index contributed by atoms with van der Waals surface area (Å²) in [6.07, 6.45) is 2.06. The number of aromatic nitrogens is 3. The van der Waals surface area contributed by atoms with Crippen molar-refractivity contribution in [3.05, 3.63) is 34.6 Å². The summed E-state index contributed by atoms with van der Waals surface area (Å²) in [4.78, 5) is 40.2. The van der Waals surface area contributed by atoms with Crippen molar-refractivity contribution in [2.75, 3.05) is 0 Å². The number of carbonyl (C=O) groups is 2. The third-order valence-electron chi connectivity index (χ3n) is 2.12. The molecule has 0 fully saturated rings. The van der Waals surface area contributed by atoms with Crippen LogP contribution in [0.1, 0.15) is 10.5 Å². The number of carboxylic acid groups (broad SMARTS) is 1. The minimum absolute atomic E-state index is 0.0290. The van der Waals surface area contributed by atoms with Crippen molar-refractivity contribution in [2.24, 2.45) is 5.73 Å². The summed E-state index contributed by atoms with van der Waals surface area (Å²) in [7, 11) is 0. The maximum Gasteiger partial charge on any atom is 0.354 e. The topological polar surface area (TPSA) is 128 Å². The molecule has 0 spiro atoms. The quantitative estimate of drug-likeness (QED) is 0.678. The van der Waals surface area contributed by atoms with Crippen LogP contribution in [0.5, 0.6) is 0 Å². The van der Waals surface area contributed by atoms with Gasteiger partial charge >= 0.3 is 12.0 Å². The lowest BCUT2D eigenvalue weighted by Gasteiger charge is -2.04. The monoisotopic (exact) mass is 234 g/mol. The van der Waals surface area contributed by atoms with Crippen molar-refractivity contribution in [1.29, 1.82) is 0 Å². The molecule has 2 aromatic rings. The number of carboxylic acids is 1. The Kier molecular flexibility index (Phi) is 2.32. The number of rotatable bonds is 1. The molecule has 2 rings (SSSR count). The van der Waals surface area contributed by atoms with Crippen LogP contribution in [-0.4, -0.2) is 31.6 Å². The van der Waals surface area contributed by atoms with Gasteiger partial charge in [-0.3, -0.25) is 9.36 Å². The van der Waals surface area contributed by atoms with Gasteiger partial charge < -0.3 is 10.8 Å². The second-order valence-electron chi connectivity index (χ2n) is 3.15. The number of primary amides is 1. The van der Waals surface area contributed by atoms with Crippen LogP contribution in [0.2, 0.25) is 0 Å². The highest BCUT2D eigenvalue weighted by atomic mass is 16.4. The zero-order chi connectivity index (χ0) is 12.6. The van der Waals surface area contributed by atoms with Gasteiger partial charge in [-0.2, -0.15) is 4.98 Å². The second kappa shape index (κ2) is 3.67. The molecule has 0 bridgehead atoms. The number of hydrogen-bond acceptors (Lipinski definition) is 5. The Labute approximate surface area is 93.3 Å². The van der Waals surface area contributed by atoms with E-state index < -0.39 is 17.6 Å². The first-order valence-corrected chi connectivity index (χ1v) is 4.41. The first kappa shape index (κ1) is 10.7. The molecule has 8 heteroatoms. The van der Waals surface area contributed by atoms with Crippen molar-refractivity contribution in [1.82, 2.24) is 14.5 Å². The highest BCUT2D eigenvalue weighted by molar-refractivity contribution is 5.93. The maximum atomic E-state index is 11.4. The number of nitrogens with two attached hydrogens (primary N) is 1. The van der Waals surface area contributed by atoms with E-state index in [4.69, 9.17) is 10.8 Å². The minimum atomic E-state index is -1.28. The molecule has 0 saturated carbocycles. The van der Waals surface area contributed by atoms with Crippen molar-refractivity contribution in [3.8, 4) is 0 Å². The van der Waals surface area contributed by atoms with E-state index in [0.29, 0.717) is 0 Å². The molecule has 0 radical (unpaired) electrons. The molecule has 17 heavy (non-hydrogen) atoms. The van der Waals surface area contributed by atoms with Crippen LogP contribution in [0, 0.1) is 0 Å². The molecule has 0 aliphatic carbocycles. The standard InChI is InChI=1S/C9H6N4O4/c10-9(17)13-3-12-7(14)4-1-5(8(15)16)11-2-6(4)13/h1-3H,(H2,10,17)(H,15,16). The van der Waals surface area contributed by atoms with E-state index in [1.807, 2.05) is 0 Å². The van der Waals surface area contributed by atoms with Gasteiger partial charge in [0.1, 0.15) is 12.0 Å². The normalized spacial score (nSPS) is 10.4. The van der Waals surface area contributed by atoms with Gasteiger partial charge in [-0.25, -0.2) is 14.6 Å². The Hall–Kier alpha value is -2.77. The molecule has 0 saturated heterocycles. The molecular formula is C9H6N4O4. The van der Waals surface area contributed by atoms with Crippen molar-refractivity contribution in [2.45, 2.75) is 0 Å². The Bertz CT molecular complexity index is 691. The molecule has 0 aliphatic heterocycles. The number of aromatic carboxylic acids is 1. The van der Waals surface area contributed by atoms with Crippen LogP contribution in [-0.2, 0) is 0 Å². The summed E-state index contributed by atoms with van der Waals surface area (Å²) in [5.74, 6) is -1.28. The molecular weight excluding hydrogens is 228 g/mol. The lowest BCUT2D eigenvalue weighted by molar-refractivity contribution is 0.0690. The van der Waals surface area contributed by atoms with E-state index >= 15 is 0 Å². The van der Waals surface area contributed by atoms with Crippen LogP contribution in [0.3, 0.4) is 0 Å². The molecule has 0 aliphatic rings. The average molecular weight is 234 g/mol. The summed E-state index contributed by atoms with van der Waals surface area (Å²) in [6.45, 7) is 0. The molecule has 3 N–H and O–H groups in total. The Morgan fingerprint density at radius 3 is 2.65 bits per heavy atom. The summed E-state index contributed by atoms with van der Waals surface area (Å²) in [5, 5.41) is 8.70. The average Bonchev–Trinajstić information content (AvgIpc) is 2.28. The van der Waals surface area contributed by atoms with E-state index in [2.05, 4.69) is 9.97 Å². The number of hydrogen-bond donors (Lipinski definition) is 2. The van der Waals surface area contributed by atoms with Gasteiger partial charge in [-0.05, 0) is 6.07 Å². The van der Waals surface area contributed by atoms with Gasteiger partial charge in [0.2, 0.25) is 0 Å². The zero-order valence-corrected chi connectivity index (χ0v) is 8.32. The Morgan fingerprint density at radius 2 is 2.06 bits per heavy atom. The lowest BCUT2D eigenvalue weighted by Crippen LogP contribution is -2.24. The number of amides is 1. The zero-order valence-electron chi connectivity index (χ0n) is 8.32. The molecule has 1 amide bonds. The van der Waals surface area contributed by atoms with E-state index in [9.17, 15) is 14.4 Å². The van der Waals surface area contributed by atoms with Gasteiger partial charge in [0.05, 0.1) is 17.1 Å². The van der Waals surface area contributed by atoms with Crippen LogP contribution in [0.25, 0.3) is 10.9 Å². The van der Waals surface area contributed by atoms with Crippen LogP contribution < -0.4 is 11.3 Å². The van der Waals surface area contributed by atoms with Crippen LogP contribution >= 0.6 is 0 Å². The number of carbonyl (C=O) groups excluding carboxylic acids is 1. The largest absolute Gasteiger partial charge is 0.477 e. The highest BCUT2D eigenvalue weighted by Crippen LogP contribution is 2.09. The predicted molar refractivity (Wildman–Crippen MR) is 55.7 cm³/mol. The summed E-state index contributed by atoms with van der Waals surface area (Å²) in [5.41, 5.74) is 4.22. The Morgan fingerprint density at radius 1 is 1.35 bits per heavy atom. The number of fused-ring (bicyclic) bond motifs is 1. The van der Waals surface area contributed by atoms with Crippen molar-refractivity contribution < 1.29 is 14.7 Å². The van der Waals surface area contributed by atoms with Crippen LogP contribution in [0.4, 0.5) is 4.79 Å². The fourth-order valence-corrected chi connectivity index (χ4v) is 1.35. The van der Waals surface area contributed by atoms with Gasteiger partial charge in [-0.15, -0.1) is 0 Å². The Balaban J connectivity index is 2.87. The third-order valence-corrected chi connectivity index (χ3v) is 2.12. The SMILES string of the molecule is NC(=O)n1cnc(=O)c2cc(C(=O)O)ncc21. The summed E-state index contributed by atoms with van der Waals surface area (Å²) >= 11 is 0. The summed E-state index contributed by atoms with van der Waals surface area (Å²) in [6, 6.07) is 0.208. The molecule has 86 valence electrons. The van der Waals surface area contributed by atoms with Gasteiger partial charge in [0, 0.05) is 0 Å². The third kappa shape index (κ3) is 1.71. The number of nitrogens with zero attached hydrogens (tertiary/aromatic N) is 3. The first-order valence-electron chi connectivity index (χ1n) is 4.41. The van der Waals surface area contributed by atoms with E-state index in [0.717, 1.165) is 23.2 Å². The predicted octanol–water partition coefficient (Wildman–Crippen LogP) is -0.584. The molecule has 0 aromatic carbocycles. The number of pyridine rings is 1. The molecule has 8 nitrogen and oxygen atoms in total. The van der Waals surface area contributed by atoms with E-state index in [1.165, 1.54) is 0 Å². The highest BCUT2D eigenvalue weighted by Gasteiger charge is 2.11. The van der Waals surface area contributed by atoms with E-state index in [-0.39, 0.29) is 16.6 Å². The smallest absolute Gasteiger partial charge is 0.354 e. The minimum Gasteiger partial charge on any atom is -0.477 e.